The number of hydrogen-bond acceptors (Lipinski definition) is 3. The molecule has 1 heterocycles. The fourth-order valence-electron chi connectivity index (χ4n) is 1.00. The SMILES string of the molecule is NC(=O)c1nsc2cc[c]cc12. The van der Waals surface area contributed by atoms with E-state index < -0.39 is 5.91 Å². The molecular weight excluding hydrogens is 172 g/mol. The molecule has 0 aliphatic carbocycles. The zero-order valence-electron chi connectivity index (χ0n) is 6.07. The quantitative estimate of drug-likeness (QED) is 0.711. The van der Waals surface area contributed by atoms with Gasteiger partial charge in [0.25, 0.3) is 5.91 Å². The molecule has 1 aromatic carbocycles. The third-order valence-electron chi connectivity index (χ3n) is 1.55. The minimum atomic E-state index is -0.485. The van der Waals surface area contributed by atoms with Crippen LogP contribution in [0.3, 0.4) is 0 Å². The van der Waals surface area contributed by atoms with Gasteiger partial charge in [-0.25, -0.2) is 0 Å². The van der Waals surface area contributed by atoms with Crippen molar-refractivity contribution in [3.63, 3.8) is 0 Å². The molecule has 2 rings (SSSR count). The molecule has 59 valence electrons. The number of benzene rings is 1. The van der Waals surface area contributed by atoms with Crippen molar-refractivity contribution < 1.29 is 4.79 Å². The van der Waals surface area contributed by atoms with Gasteiger partial charge in [0.05, 0.1) is 4.70 Å². The zero-order valence-corrected chi connectivity index (χ0v) is 6.89. The first-order valence-corrected chi connectivity index (χ1v) is 4.11. The van der Waals surface area contributed by atoms with Crippen LogP contribution in [-0.4, -0.2) is 10.3 Å². The van der Waals surface area contributed by atoms with Gasteiger partial charge in [-0.1, -0.05) is 6.07 Å². The molecule has 4 heteroatoms. The molecule has 0 spiro atoms. The maximum absolute atomic E-state index is 10.8. The summed E-state index contributed by atoms with van der Waals surface area (Å²) in [4.78, 5) is 10.8. The van der Waals surface area contributed by atoms with Crippen molar-refractivity contribution in [1.29, 1.82) is 0 Å². The zero-order chi connectivity index (χ0) is 8.55. The molecule has 2 N–H and O–H groups in total. The highest BCUT2D eigenvalue weighted by Crippen LogP contribution is 2.21. The first-order chi connectivity index (χ1) is 5.79. The summed E-state index contributed by atoms with van der Waals surface area (Å²) in [6, 6.07) is 8.24. The number of rotatable bonds is 1. The Balaban J connectivity index is 2.79. The fourth-order valence-corrected chi connectivity index (χ4v) is 1.76. The number of carbonyl (C=O) groups is 1. The molecule has 1 radical (unpaired) electrons. The van der Waals surface area contributed by atoms with Crippen LogP contribution in [0.25, 0.3) is 10.1 Å². The summed E-state index contributed by atoms with van der Waals surface area (Å²) in [5.41, 5.74) is 5.46. The number of primary amides is 1. The number of amides is 1. The molecule has 3 nitrogen and oxygen atoms in total. The van der Waals surface area contributed by atoms with Crippen molar-refractivity contribution in [3.05, 3.63) is 30.0 Å². The van der Waals surface area contributed by atoms with E-state index >= 15 is 0 Å². The van der Waals surface area contributed by atoms with Gasteiger partial charge < -0.3 is 5.73 Å². The highest BCUT2D eigenvalue weighted by atomic mass is 32.1. The third-order valence-corrected chi connectivity index (χ3v) is 2.37. The van der Waals surface area contributed by atoms with Crippen molar-refractivity contribution in [2.75, 3.05) is 0 Å². The lowest BCUT2D eigenvalue weighted by molar-refractivity contribution is 0.0998. The van der Waals surface area contributed by atoms with Gasteiger partial charge in [0.1, 0.15) is 5.69 Å². The van der Waals surface area contributed by atoms with Gasteiger partial charge in [0.15, 0.2) is 0 Å². The Labute approximate surface area is 73.0 Å². The predicted molar refractivity (Wildman–Crippen MR) is 47.0 cm³/mol. The van der Waals surface area contributed by atoms with Crippen LogP contribution >= 0.6 is 11.5 Å². The number of nitrogens with two attached hydrogens (primary N) is 1. The van der Waals surface area contributed by atoms with Crippen molar-refractivity contribution >= 4 is 27.5 Å². The Morgan fingerprint density at radius 3 is 3.25 bits per heavy atom. The Bertz CT molecular complexity index is 435. The minimum absolute atomic E-state index is 0.340. The average molecular weight is 177 g/mol. The summed E-state index contributed by atoms with van der Waals surface area (Å²) in [5, 5.41) is 0.787. The summed E-state index contributed by atoms with van der Waals surface area (Å²) in [6.45, 7) is 0. The summed E-state index contributed by atoms with van der Waals surface area (Å²) in [6.07, 6.45) is 0. The van der Waals surface area contributed by atoms with Gasteiger partial charge in [0, 0.05) is 5.39 Å². The summed E-state index contributed by atoms with van der Waals surface area (Å²) >= 11 is 1.27. The smallest absolute Gasteiger partial charge is 0.269 e. The molecule has 2 aromatic rings. The molecule has 0 saturated heterocycles. The van der Waals surface area contributed by atoms with Crippen molar-refractivity contribution in [2.24, 2.45) is 5.73 Å². The van der Waals surface area contributed by atoms with E-state index in [2.05, 4.69) is 10.4 Å². The lowest BCUT2D eigenvalue weighted by atomic mass is 10.2. The lowest BCUT2D eigenvalue weighted by Crippen LogP contribution is -2.11. The third kappa shape index (κ3) is 0.967. The molecule has 0 saturated carbocycles. The van der Waals surface area contributed by atoms with Crippen LogP contribution in [0.1, 0.15) is 10.5 Å². The number of nitrogens with zero attached hydrogens (tertiary/aromatic N) is 1. The first-order valence-electron chi connectivity index (χ1n) is 3.34. The maximum Gasteiger partial charge on any atom is 0.269 e. The molecule has 12 heavy (non-hydrogen) atoms. The summed E-state index contributed by atoms with van der Waals surface area (Å²) < 4.78 is 4.90. The Morgan fingerprint density at radius 1 is 1.67 bits per heavy atom. The van der Waals surface area contributed by atoms with E-state index in [9.17, 15) is 4.79 Å². The van der Waals surface area contributed by atoms with Gasteiger partial charge in [0.2, 0.25) is 0 Å². The second kappa shape index (κ2) is 2.57. The molecule has 0 aliphatic heterocycles. The molecule has 0 fully saturated rings. The van der Waals surface area contributed by atoms with Crippen molar-refractivity contribution in [2.45, 2.75) is 0 Å². The fraction of sp³-hybridized carbons (Fsp3) is 0. The van der Waals surface area contributed by atoms with E-state index in [1.165, 1.54) is 11.5 Å². The number of aromatic nitrogens is 1. The van der Waals surface area contributed by atoms with Crippen molar-refractivity contribution in [3.8, 4) is 0 Å². The molecule has 0 unspecified atom stereocenters. The van der Waals surface area contributed by atoms with Crippen LogP contribution < -0.4 is 5.73 Å². The van der Waals surface area contributed by atoms with E-state index in [0.717, 1.165) is 10.1 Å². The largest absolute Gasteiger partial charge is 0.364 e. The van der Waals surface area contributed by atoms with Gasteiger partial charge in [-0.05, 0) is 29.7 Å². The van der Waals surface area contributed by atoms with E-state index in [4.69, 9.17) is 5.73 Å². The standard InChI is InChI=1S/C8H5N2OS/c9-8(11)7-5-3-1-2-4-6(5)12-10-7/h2-4H,(H2,9,11). The second-order valence-electron chi connectivity index (χ2n) is 2.32. The molecule has 1 aromatic heterocycles. The first kappa shape index (κ1) is 7.24. The number of hydrogen-bond donors (Lipinski definition) is 1. The van der Waals surface area contributed by atoms with E-state index in [-0.39, 0.29) is 0 Å². The van der Waals surface area contributed by atoms with Crippen LogP contribution in [0, 0.1) is 6.07 Å². The maximum atomic E-state index is 10.8. The van der Waals surface area contributed by atoms with E-state index in [1.54, 1.807) is 12.1 Å². The van der Waals surface area contributed by atoms with Crippen molar-refractivity contribution in [1.82, 2.24) is 4.37 Å². The number of fused-ring (bicyclic) bond motifs is 1. The minimum Gasteiger partial charge on any atom is -0.364 e. The molecular formula is C8H5N2OS. The molecule has 0 bridgehead atoms. The van der Waals surface area contributed by atoms with Crippen LogP contribution in [0.4, 0.5) is 0 Å². The Kier molecular flexibility index (Phi) is 1.55. The summed E-state index contributed by atoms with van der Waals surface area (Å²) in [7, 11) is 0. The predicted octanol–water partition coefficient (Wildman–Crippen LogP) is 1.20. The monoisotopic (exact) mass is 177 g/mol. The topological polar surface area (TPSA) is 56.0 Å². The van der Waals surface area contributed by atoms with Gasteiger partial charge in [-0.2, -0.15) is 4.37 Å². The molecule has 1 amide bonds. The highest BCUT2D eigenvalue weighted by molar-refractivity contribution is 7.13. The van der Waals surface area contributed by atoms with E-state index in [0.29, 0.717) is 5.69 Å². The lowest BCUT2D eigenvalue weighted by Gasteiger charge is -1.88. The Morgan fingerprint density at radius 2 is 2.50 bits per heavy atom. The van der Waals surface area contributed by atoms with E-state index in [1.807, 2.05) is 6.07 Å². The second-order valence-corrected chi connectivity index (χ2v) is 3.12. The van der Waals surface area contributed by atoms with Gasteiger partial charge in [-0.3, -0.25) is 4.79 Å². The Hall–Kier alpha value is -1.42. The average Bonchev–Trinajstić information content (AvgIpc) is 2.47. The van der Waals surface area contributed by atoms with Crippen LogP contribution in [0.2, 0.25) is 0 Å². The van der Waals surface area contributed by atoms with Crippen LogP contribution in [0.5, 0.6) is 0 Å². The van der Waals surface area contributed by atoms with Crippen LogP contribution in [-0.2, 0) is 0 Å². The number of carbonyl (C=O) groups excluding carboxylic acids is 1. The van der Waals surface area contributed by atoms with Gasteiger partial charge in [-0.15, -0.1) is 0 Å². The molecule has 0 atom stereocenters. The van der Waals surface area contributed by atoms with Crippen LogP contribution in [0.15, 0.2) is 18.2 Å². The summed E-state index contributed by atoms with van der Waals surface area (Å²) in [5.74, 6) is -0.485. The highest BCUT2D eigenvalue weighted by Gasteiger charge is 2.09. The molecule has 0 aliphatic rings. The van der Waals surface area contributed by atoms with Gasteiger partial charge >= 0.3 is 0 Å². The normalized spacial score (nSPS) is 10.3.